The summed E-state index contributed by atoms with van der Waals surface area (Å²) in [5.41, 5.74) is 4.47. The summed E-state index contributed by atoms with van der Waals surface area (Å²) in [7, 11) is 0. The molecule has 1 atom stereocenters. The predicted octanol–water partition coefficient (Wildman–Crippen LogP) is 6.87. The Labute approximate surface area is 135 Å². The molecule has 0 saturated heterocycles. The van der Waals surface area contributed by atoms with Crippen molar-refractivity contribution in [2.24, 2.45) is 11.3 Å². The molecule has 0 amide bonds. The van der Waals surface area contributed by atoms with Crippen LogP contribution in [-0.4, -0.2) is 0 Å². The van der Waals surface area contributed by atoms with Gasteiger partial charge in [-0.1, -0.05) is 70.9 Å². The van der Waals surface area contributed by atoms with Crippen LogP contribution in [0.25, 0.3) is 6.08 Å². The van der Waals surface area contributed by atoms with Crippen LogP contribution in [0, 0.1) is 11.3 Å². The zero-order valence-electron chi connectivity index (χ0n) is 14.2. The lowest BCUT2D eigenvalue weighted by molar-refractivity contribution is 0.338. The summed E-state index contributed by atoms with van der Waals surface area (Å²) < 4.78 is 0. The lowest BCUT2D eigenvalue weighted by Gasteiger charge is -2.30. The SMILES string of the molecule is CCCc1c(C(C)C(C)(C)C)ccc(Cl)c1/C=C/C1CC1. The van der Waals surface area contributed by atoms with Crippen molar-refractivity contribution in [2.75, 3.05) is 0 Å². The maximum Gasteiger partial charge on any atom is 0.0481 e. The second-order valence-corrected chi connectivity index (χ2v) is 7.97. The quantitative estimate of drug-likeness (QED) is 0.557. The predicted molar refractivity (Wildman–Crippen MR) is 95.1 cm³/mol. The molecule has 1 heteroatoms. The van der Waals surface area contributed by atoms with E-state index < -0.39 is 0 Å². The molecule has 0 aromatic heterocycles. The zero-order chi connectivity index (χ0) is 15.6. The van der Waals surface area contributed by atoms with Gasteiger partial charge in [-0.05, 0) is 59.3 Å². The highest BCUT2D eigenvalue weighted by atomic mass is 35.5. The third-order valence-corrected chi connectivity index (χ3v) is 5.09. The molecule has 1 aromatic carbocycles. The second kappa shape index (κ2) is 6.57. The first-order valence-corrected chi connectivity index (χ1v) is 8.71. The largest absolute Gasteiger partial charge is 0.0837 e. The van der Waals surface area contributed by atoms with Crippen LogP contribution >= 0.6 is 11.6 Å². The van der Waals surface area contributed by atoms with Gasteiger partial charge in [0.25, 0.3) is 0 Å². The van der Waals surface area contributed by atoms with Gasteiger partial charge in [0.05, 0.1) is 0 Å². The van der Waals surface area contributed by atoms with Crippen LogP contribution in [0.4, 0.5) is 0 Å². The molecule has 1 unspecified atom stereocenters. The number of allylic oxidation sites excluding steroid dienone is 1. The van der Waals surface area contributed by atoms with Gasteiger partial charge in [-0.2, -0.15) is 0 Å². The number of benzene rings is 1. The molecule has 1 aromatic rings. The molecule has 0 heterocycles. The number of hydrogen-bond donors (Lipinski definition) is 0. The monoisotopic (exact) mass is 304 g/mol. The van der Waals surface area contributed by atoms with E-state index in [2.05, 4.69) is 58.9 Å². The fourth-order valence-corrected chi connectivity index (χ4v) is 3.00. The Morgan fingerprint density at radius 1 is 1.29 bits per heavy atom. The minimum atomic E-state index is 0.272. The summed E-state index contributed by atoms with van der Waals surface area (Å²) in [6.07, 6.45) is 9.59. The first kappa shape index (κ1) is 16.6. The normalized spacial score (nSPS) is 17.4. The Hall–Kier alpha value is -0.750. The molecule has 0 nitrogen and oxygen atoms in total. The molecule has 0 spiro atoms. The van der Waals surface area contributed by atoms with Crippen molar-refractivity contribution in [3.05, 3.63) is 39.9 Å². The molecular formula is C20H29Cl. The van der Waals surface area contributed by atoms with Gasteiger partial charge in [-0.25, -0.2) is 0 Å². The first-order chi connectivity index (χ1) is 9.84. The summed E-state index contributed by atoms with van der Waals surface area (Å²) in [5.74, 6) is 1.32. The van der Waals surface area contributed by atoms with Gasteiger partial charge in [-0.15, -0.1) is 0 Å². The van der Waals surface area contributed by atoms with E-state index >= 15 is 0 Å². The molecule has 0 N–H and O–H groups in total. The van der Waals surface area contributed by atoms with Crippen molar-refractivity contribution in [3.63, 3.8) is 0 Å². The minimum absolute atomic E-state index is 0.272. The average Bonchev–Trinajstić information content (AvgIpc) is 3.21. The van der Waals surface area contributed by atoms with Crippen LogP contribution in [0.1, 0.15) is 76.5 Å². The van der Waals surface area contributed by atoms with E-state index in [1.165, 1.54) is 29.5 Å². The van der Waals surface area contributed by atoms with E-state index in [9.17, 15) is 0 Å². The second-order valence-electron chi connectivity index (χ2n) is 7.56. The maximum absolute atomic E-state index is 6.51. The Balaban J connectivity index is 2.46. The number of rotatable bonds is 5. The highest BCUT2D eigenvalue weighted by Gasteiger charge is 2.25. The number of hydrogen-bond acceptors (Lipinski definition) is 0. The summed E-state index contributed by atoms with van der Waals surface area (Å²) >= 11 is 6.51. The molecule has 21 heavy (non-hydrogen) atoms. The van der Waals surface area contributed by atoms with Crippen molar-refractivity contribution >= 4 is 17.7 Å². The lowest BCUT2D eigenvalue weighted by Crippen LogP contribution is -2.17. The Morgan fingerprint density at radius 2 is 1.95 bits per heavy atom. The highest BCUT2D eigenvalue weighted by Crippen LogP contribution is 2.40. The van der Waals surface area contributed by atoms with Gasteiger partial charge in [0.15, 0.2) is 0 Å². The lowest BCUT2D eigenvalue weighted by atomic mass is 9.75. The van der Waals surface area contributed by atoms with Gasteiger partial charge >= 0.3 is 0 Å². The van der Waals surface area contributed by atoms with Crippen molar-refractivity contribution in [1.29, 1.82) is 0 Å². The Morgan fingerprint density at radius 3 is 2.48 bits per heavy atom. The van der Waals surface area contributed by atoms with Crippen LogP contribution in [0.2, 0.25) is 5.02 Å². The molecule has 1 fully saturated rings. The summed E-state index contributed by atoms with van der Waals surface area (Å²) in [5, 5.41) is 0.903. The fourth-order valence-electron chi connectivity index (χ4n) is 2.76. The van der Waals surface area contributed by atoms with E-state index in [0.29, 0.717) is 5.92 Å². The minimum Gasteiger partial charge on any atom is -0.0837 e. The Bertz CT molecular complexity index is 515. The number of halogens is 1. The Kier molecular flexibility index (Phi) is 5.20. The van der Waals surface area contributed by atoms with Gasteiger partial charge in [0.1, 0.15) is 0 Å². The fraction of sp³-hybridized carbons (Fsp3) is 0.600. The third kappa shape index (κ3) is 4.13. The van der Waals surface area contributed by atoms with Crippen LogP contribution in [-0.2, 0) is 6.42 Å². The van der Waals surface area contributed by atoms with E-state index in [1.54, 1.807) is 0 Å². The van der Waals surface area contributed by atoms with Crippen molar-refractivity contribution in [1.82, 2.24) is 0 Å². The standard InChI is InChI=1S/C20H29Cl/c1-6-7-17-16(14(2)20(3,4)5)12-13-19(21)18(17)11-10-15-8-9-15/h10-15H,6-9H2,1-5H3/b11-10+. The van der Waals surface area contributed by atoms with E-state index in [1.807, 2.05) is 0 Å². The van der Waals surface area contributed by atoms with Crippen molar-refractivity contribution in [3.8, 4) is 0 Å². The van der Waals surface area contributed by atoms with Gasteiger partial charge in [0, 0.05) is 5.02 Å². The van der Waals surface area contributed by atoms with Crippen molar-refractivity contribution < 1.29 is 0 Å². The summed E-state index contributed by atoms with van der Waals surface area (Å²) in [6.45, 7) is 11.6. The molecule has 0 bridgehead atoms. The van der Waals surface area contributed by atoms with E-state index in [-0.39, 0.29) is 5.41 Å². The summed E-state index contributed by atoms with van der Waals surface area (Å²) in [4.78, 5) is 0. The molecule has 2 rings (SSSR count). The zero-order valence-corrected chi connectivity index (χ0v) is 14.9. The molecule has 1 aliphatic carbocycles. The first-order valence-electron chi connectivity index (χ1n) is 8.34. The van der Waals surface area contributed by atoms with Crippen LogP contribution < -0.4 is 0 Å². The van der Waals surface area contributed by atoms with Gasteiger partial charge < -0.3 is 0 Å². The average molecular weight is 305 g/mol. The van der Waals surface area contributed by atoms with E-state index in [4.69, 9.17) is 11.6 Å². The summed E-state index contributed by atoms with van der Waals surface area (Å²) in [6, 6.07) is 4.34. The molecular weight excluding hydrogens is 276 g/mol. The van der Waals surface area contributed by atoms with Crippen LogP contribution in [0.3, 0.4) is 0 Å². The van der Waals surface area contributed by atoms with Gasteiger partial charge in [-0.3, -0.25) is 0 Å². The van der Waals surface area contributed by atoms with Gasteiger partial charge in [0.2, 0.25) is 0 Å². The molecule has 116 valence electrons. The molecule has 0 radical (unpaired) electrons. The maximum atomic E-state index is 6.51. The highest BCUT2D eigenvalue weighted by molar-refractivity contribution is 6.32. The van der Waals surface area contributed by atoms with Crippen LogP contribution in [0.5, 0.6) is 0 Å². The molecule has 1 aliphatic rings. The van der Waals surface area contributed by atoms with E-state index in [0.717, 1.165) is 23.8 Å². The van der Waals surface area contributed by atoms with Crippen LogP contribution in [0.15, 0.2) is 18.2 Å². The molecule has 1 saturated carbocycles. The molecule has 0 aliphatic heterocycles. The topological polar surface area (TPSA) is 0 Å². The smallest absolute Gasteiger partial charge is 0.0481 e. The third-order valence-electron chi connectivity index (χ3n) is 4.76. The van der Waals surface area contributed by atoms with Crippen molar-refractivity contribution in [2.45, 2.75) is 66.2 Å².